The van der Waals surface area contributed by atoms with Gasteiger partial charge < -0.3 is 14.3 Å². The Morgan fingerprint density at radius 2 is 1.83 bits per heavy atom. The predicted molar refractivity (Wildman–Crippen MR) is 125 cm³/mol. The van der Waals surface area contributed by atoms with Crippen molar-refractivity contribution in [1.29, 1.82) is 0 Å². The van der Waals surface area contributed by atoms with Crippen LogP contribution < -0.4 is 4.74 Å². The number of benzene rings is 2. The zero-order chi connectivity index (χ0) is 22.7. The molecule has 0 aromatic heterocycles. The standard InChI is InChI=1S/C25H33FO3Si/c1-9-17(2)24(27)22-14-18(16-29-30(7,8)25(3,4)5)10-12-20(22)21-15-19(28-6)11-13-23(21)26/h9-15,24,27H,1-2,16H2,3-8H3. The van der Waals surface area contributed by atoms with Crippen molar-refractivity contribution in [2.45, 2.75) is 51.6 Å². The summed E-state index contributed by atoms with van der Waals surface area (Å²) in [5.74, 6) is 0.151. The summed E-state index contributed by atoms with van der Waals surface area (Å²) < 4.78 is 26.2. The van der Waals surface area contributed by atoms with Crippen LogP contribution in [0.4, 0.5) is 4.39 Å². The van der Waals surface area contributed by atoms with Crippen LogP contribution in [0.5, 0.6) is 5.75 Å². The van der Waals surface area contributed by atoms with Crippen LogP contribution in [-0.4, -0.2) is 20.5 Å². The molecule has 0 aliphatic heterocycles. The van der Waals surface area contributed by atoms with Crippen LogP contribution in [-0.2, 0) is 11.0 Å². The van der Waals surface area contributed by atoms with Crippen molar-refractivity contribution in [2.75, 3.05) is 7.11 Å². The molecule has 0 amide bonds. The van der Waals surface area contributed by atoms with E-state index in [0.29, 0.717) is 34.6 Å². The van der Waals surface area contributed by atoms with Crippen molar-refractivity contribution >= 4 is 8.32 Å². The Kier molecular flexibility index (Phi) is 7.45. The fraction of sp³-hybridized carbons (Fsp3) is 0.360. The van der Waals surface area contributed by atoms with Gasteiger partial charge >= 0.3 is 0 Å². The molecule has 1 unspecified atom stereocenters. The van der Waals surface area contributed by atoms with Gasteiger partial charge in [0, 0.05) is 5.56 Å². The molecule has 0 heterocycles. The SMILES string of the molecule is C=CC(=C)C(O)c1cc(CO[Si](C)(C)C(C)(C)C)ccc1-c1cc(OC)ccc1F. The molecule has 0 saturated heterocycles. The maximum Gasteiger partial charge on any atom is 0.192 e. The maximum atomic E-state index is 14.7. The first kappa shape index (κ1) is 24.1. The lowest BCUT2D eigenvalue weighted by atomic mass is 9.91. The molecule has 162 valence electrons. The Balaban J connectivity index is 2.52. The average Bonchev–Trinajstić information content (AvgIpc) is 2.70. The Morgan fingerprint density at radius 3 is 2.40 bits per heavy atom. The van der Waals surface area contributed by atoms with E-state index >= 15 is 0 Å². The van der Waals surface area contributed by atoms with Crippen molar-refractivity contribution in [3.8, 4) is 16.9 Å². The van der Waals surface area contributed by atoms with Crippen LogP contribution >= 0.6 is 0 Å². The molecule has 1 atom stereocenters. The lowest BCUT2D eigenvalue weighted by Gasteiger charge is -2.36. The van der Waals surface area contributed by atoms with E-state index in [2.05, 4.69) is 47.0 Å². The third-order valence-corrected chi connectivity index (χ3v) is 10.4. The minimum atomic E-state index is -1.93. The summed E-state index contributed by atoms with van der Waals surface area (Å²) in [5.41, 5.74) is 2.86. The third-order valence-electron chi connectivity index (χ3n) is 5.89. The van der Waals surface area contributed by atoms with E-state index in [9.17, 15) is 9.50 Å². The van der Waals surface area contributed by atoms with Crippen molar-refractivity contribution in [3.05, 3.63) is 78.1 Å². The van der Waals surface area contributed by atoms with Crippen LogP contribution in [0.3, 0.4) is 0 Å². The zero-order valence-corrected chi connectivity index (χ0v) is 19.9. The molecule has 0 radical (unpaired) electrons. The summed E-state index contributed by atoms with van der Waals surface area (Å²) in [6.07, 6.45) is 0.505. The molecule has 0 aliphatic carbocycles. The average molecular weight is 429 g/mol. The normalized spacial score (nSPS) is 13.1. The highest BCUT2D eigenvalue weighted by molar-refractivity contribution is 6.74. The fourth-order valence-corrected chi connectivity index (χ4v) is 3.76. The van der Waals surface area contributed by atoms with Gasteiger partial charge in [-0.3, -0.25) is 0 Å². The molecule has 2 aromatic carbocycles. The molecule has 1 N–H and O–H groups in total. The number of halogens is 1. The van der Waals surface area contributed by atoms with Gasteiger partial charge in [0.25, 0.3) is 0 Å². The van der Waals surface area contributed by atoms with Gasteiger partial charge in [-0.25, -0.2) is 4.39 Å². The first-order valence-corrected chi connectivity index (χ1v) is 12.9. The highest BCUT2D eigenvalue weighted by Gasteiger charge is 2.37. The lowest BCUT2D eigenvalue weighted by Crippen LogP contribution is -2.40. The second-order valence-corrected chi connectivity index (χ2v) is 13.8. The van der Waals surface area contributed by atoms with Gasteiger partial charge in [0.2, 0.25) is 0 Å². The summed E-state index contributed by atoms with van der Waals surface area (Å²) in [6, 6.07) is 10.1. The number of aliphatic hydroxyl groups excluding tert-OH is 1. The Labute approximate surface area is 181 Å². The number of rotatable bonds is 8. The first-order chi connectivity index (χ1) is 13.9. The summed E-state index contributed by atoms with van der Waals surface area (Å²) in [5, 5.41) is 11.0. The first-order valence-electron chi connectivity index (χ1n) is 10.0. The number of hydrogen-bond acceptors (Lipinski definition) is 3. The topological polar surface area (TPSA) is 38.7 Å². The van der Waals surface area contributed by atoms with Gasteiger partial charge in [0.1, 0.15) is 17.7 Å². The monoisotopic (exact) mass is 428 g/mol. The van der Waals surface area contributed by atoms with Crippen molar-refractivity contribution in [2.24, 2.45) is 0 Å². The van der Waals surface area contributed by atoms with Crippen LogP contribution in [0.25, 0.3) is 11.1 Å². The molecule has 2 aromatic rings. The minimum Gasteiger partial charge on any atom is -0.497 e. The van der Waals surface area contributed by atoms with Crippen LogP contribution in [0.15, 0.2) is 61.2 Å². The second kappa shape index (κ2) is 9.29. The predicted octanol–water partition coefficient (Wildman–Crippen LogP) is 6.80. The third kappa shape index (κ3) is 5.28. The van der Waals surface area contributed by atoms with E-state index < -0.39 is 20.2 Å². The number of aliphatic hydroxyl groups is 1. The van der Waals surface area contributed by atoms with E-state index in [4.69, 9.17) is 9.16 Å². The molecule has 0 bridgehead atoms. The van der Waals surface area contributed by atoms with E-state index in [0.717, 1.165) is 5.56 Å². The van der Waals surface area contributed by atoms with E-state index in [1.165, 1.54) is 19.3 Å². The minimum absolute atomic E-state index is 0.0934. The van der Waals surface area contributed by atoms with Crippen molar-refractivity contribution < 1.29 is 18.7 Å². The summed E-state index contributed by atoms with van der Waals surface area (Å²) in [7, 11) is -0.397. The zero-order valence-electron chi connectivity index (χ0n) is 18.9. The van der Waals surface area contributed by atoms with E-state index in [-0.39, 0.29) is 5.04 Å². The van der Waals surface area contributed by atoms with E-state index in [1.807, 2.05) is 18.2 Å². The molecule has 30 heavy (non-hydrogen) atoms. The molecule has 3 nitrogen and oxygen atoms in total. The molecular weight excluding hydrogens is 395 g/mol. The van der Waals surface area contributed by atoms with Gasteiger partial charge in [-0.15, -0.1) is 0 Å². The molecule has 0 spiro atoms. The fourth-order valence-electron chi connectivity index (χ4n) is 2.80. The summed E-state index contributed by atoms with van der Waals surface area (Å²) in [4.78, 5) is 0. The highest BCUT2D eigenvalue weighted by Crippen LogP contribution is 2.38. The van der Waals surface area contributed by atoms with Crippen molar-refractivity contribution in [1.82, 2.24) is 0 Å². The molecule has 0 fully saturated rings. The molecule has 0 saturated carbocycles. The smallest absolute Gasteiger partial charge is 0.192 e. The number of methoxy groups -OCH3 is 1. The lowest BCUT2D eigenvalue weighted by molar-refractivity contribution is 0.220. The largest absolute Gasteiger partial charge is 0.497 e. The van der Waals surface area contributed by atoms with Crippen LogP contribution in [0.2, 0.25) is 18.1 Å². The summed E-state index contributed by atoms with van der Waals surface area (Å²) in [6.45, 7) is 19.0. The summed E-state index contributed by atoms with van der Waals surface area (Å²) >= 11 is 0. The Hall–Kier alpha value is -2.21. The van der Waals surface area contributed by atoms with Gasteiger partial charge in [0.05, 0.1) is 13.7 Å². The van der Waals surface area contributed by atoms with Gasteiger partial charge in [0.15, 0.2) is 8.32 Å². The van der Waals surface area contributed by atoms with Crippen molar-refractivity contribution in [3.63, 3.8) is 0 Å². The Bertz CT molecular complexity index is 928. The van der Waals surface area contributed by atoms with Gasteiger partial charge in [-0.2, -0.15) is 0 Å². The van der Waals surface area contributed by atoms with Crippen LogP contribution in [0, 0.1) is 5.82 Å². The number of hydrogen-bond donors (Lipinski definition) is 1. The Morgan fingerprint density at radius 1 is 1.17 bits per heavy atom. The highest BCUT2D eigenvalue weighted by atomic mass is 28.4. The second-order valence-electron chi connectivity index (χ2n) is 9.00. The molecular formula is C25H33FO3Si. The van der Waals surface area contributed by atoms with Crippen LogP contribution in [0.1, 0.15) is 38.0 Å². The maximum absolute atomic E-state index is 14.7. The molecule has 2 rings (SSSR count). The quantitative estimate of drug-likeness (QED) is 0.371. The van der Waals surface area contributed by atoms with Gasteiger partial charge in [-0.05, 0) is 64.7 Å². The number of ether oxygens (including phenoxy) is 1. The molecule has 0 aliphatic rings. The van der Waals surface area contributed by atoms with Gasteiger partial charge in [-0.1, -0.05) is 52.1 Å². The van der Waals surface area contributed by atoms with E-state index in [1.54, 1.807) is 12.1 Å². The molecule has 5 heteroatoms.